The SMILES string of the molecule is Cn1ccnc1[C@@H](NC(=O)c1cccc(I)c1)c1ccc(Cl)cc1. The van der Waals surface area contributed by atoms with Crippen molar-refractivity contribution in [2.75, 3.05) is 0 Å². The summed E-state index contributed by atoms with van der Waals surface area (Å²) in [5, 5.41) is 3.72. The van der Waals surface area contributed by atoms with Crippen LogP contribution in [0.4, 0.5) is 0 Å². The Kier molecular flexibility index (Phi) is 5.20. The lowest BCUT2D eigenvalue weighted by molar-refractivity contribution is 0.0941. The Morgan fingerprint density at radius 3 is 2.62 bits per heavy atom. The minimum atomic E-state index is -0.354. The summed E-state index contributed by atoms with van der Waals surface area (Å²) in [7, 11) is 1.91. The van der Waals surface area contributed by atoms with E-state index in [1.807, 2.05) is 60.3 Å². The molecule has 0 spiro atoms. The van der Waals surface area contributed by atoms with E-state index in [4.69, 9.17) is 11.6 Å². The minimum Gasteiger partial charge on any atom is -0.338 e. The summed E-state index contributed by atoms with van der Waals surface area (Å²) in [5.41, 5.74) is 1.54. The highest BCUT2D eigenvalue weighted by molar-refractivity contribution is 14.1. The van der Waals surface area contributed by atoms with Gasteiger partial charge in [-0.2, -0.15) is 0 Å². The number of amides is 1. The average molecular weight is 452 g/mol. The molecule has 0 fully saturated rings. The van der Waals surface area contributed by atoms with Crippen LogP contribution in [0.15, 0.2) is 60.9 Å². The van der Waals surface area contributed by atoms with Crippen molar-refractivity contribution in [1.82, 2.24) is 14.9 Å². The largest absolute Gasteiger partial charge is 0.338 e. The van der Waals surface area contributed by atoms with Crippen molar-refractivity contribution in [3.8, 4) is 0 Å². The molecule has 6 heteroatoms. The normalized spacial score (nSPS) is 12.0. The molecule has 1 aromatic heterocycles. The standard InChI is InChI=1S/C18H15ClIN3O/c1-23-10-9-21-17(23)16(12-5-7-14(19)8-6-12)22-18(24)13-3-2-4-15(20)11-13/h2-11,16H,1H3,(H,22,24)/t16-/m0/s1. The van der Waals surface area contributed by atoms with E-state index < -0.39 is 0 Å². The van der Waals surface area contributed by atoms with Gasteiger partial charge in [-0.05, 0) is 58.5 Å². The van der Waals surface area contributed by atoms with Crippen molar-refractivity contribution < 1.29 is 4.79 Å². The van der Waals surface area contributed by atoms with Crippen molar-refractivity contribution >= 4 is 40.1 Å². The fraction of sp³-hybridized carbons (Fsp3) is 0.111. The van der Waals surface area contributed by atoms with Crippen LogP contribution in [0.3, 0.4) is 0 Å². The van der Waals surface area contributed by atoms with Crippen LogP contribution in [-0.4, -0.2) is 15.5 Å². The molecule has 0 aliphatic heterocycles. The molecule has 0 radical (unpaired) electrons. The molecule has 1 heterocycles. The number of nitrogens with zero attached hydrogens (tertiary/aromatic N) is 2. The summed E-state index contributed by atoms with van der Waals surface area (Å²) in [5.74, 6) is 0.618. The number of nitrogens with one attached hydrogen (secondary N) is 1. The van der Waals surface area contributed by atoms with Crippen LogP contribution in [0.1, 0.15) is 27.8 Å². The number of carbonyl (C=O) groups excluding carboxylic acids is 1. The molecule has 0 bridgehead atoms. The maximum absolute atomic E-state index is 12.7. The fourth-order valence-electron chi connectivity index (χ4n) is 2.45. The molecule has 0 aliphatic carbocycles. The molecule has 3 rings (SSSR count). The lowest BCUT2D eigenvalue weighted by Crippen LogP contribution is -2.31. The van der Waals surface area contributed by atoms with Crippen molar-refractivity contribution in [3.63, 3.8) is 0 Å². The fourth-order valence-corrected chi connectivity index (χ4v) is 3.12. The first-order chi connectivity index (χ1) is 11.5. The number of aromatic nitrogens is 2. The van der Waals surface area contributed by atoms with E-state index in [1.54, 1.807) is 12.3 Å². The van der Waals surface area contributed by atoms with Crippen LogP contribution in [0.5, 0.6) is 0 Å². The van der Waals surface area contributed by atoms with Gasteiger partial charge in [0.25, 0.3) is 5.91 Å². The van der Waals surface area contributed by atoms with Crippen molar-refractivity contribution in [2.24, 2.45) is 7.05 Å². The second kappa shape index (κ2) is 7.36. The van der Waals surface area contributed by atoms with Gasteiger partial charge in [-0.3, -0.25) is 4.79 Å². The molecule has 24 heavy (non-hydrogen) atoms. The van der Waals surface area contributed by atoms with E-state index in [2.05, 4.69) is 32.9 Å². The Labute approximate surface area is 159 Å². The van der Waals surface area contributed by atoms with Crippen molar-refractivity contribution in [2.45, 2.75) is 6.04 Å². The molecular formula is C18H15ClIN3O. The molecule has 122 valence electrons. The Morgan fingerprint density at radius 2 is 2.00 bits per heavy atom. The molecule has 3 aromatic rings. The summed E-state index contributed by atoms with van der Waals surface area (Å²) in [6.45, 7) is 0. The highest BCUT2D eigenvalue weighted by Gasteiger charge is 2.21. The maximum Gasteiger partial charge on any atom is 0.252 e. The van der Waals surface area contributed by atoms with Crippen LogP contribution in [0.2, 0.25) is 5.02 Å². The topological polar surface area (TPSA) is 46.9 Å². The van der Waals surface area contributed by atoms with Crippen LogP contribution in [0, 0.1) is 3.57 Å². The third kappa shape index (κ3) is 3.79. The Balaban J connectivity index is 1.95. The molecule has 0 saturated heterocycles. The first kappa shape index (κ1) is 17.0. The number of hydrogen-bond donors (Lipinski definition) is 1. The third-order valence-corrected chi connectivity index (χ3v) is 4.61. The van der Waals surface area contributed by atoms with Crippen LogP contribution >= 0.6 is 34.2 Å². The van der Waals surface area contributed by atoms with E-state index in [-0.39, 0.29) is 11.9 Å². The van der Waals surface area contributed by atoms with Gasteiger partial charge >= 0.3 is 0 Å². The molecule has 0 aliphatic rings. The molecule has 4 nitrogen and oxygen atoms in total. The predicted molar refractivity (Wildman–Crippen MR) is 103 cm³/mol. The lowest BCUT2D eigenvalue weighted by atomic mass is 10.1. The van der Waals surface area contributed by atoms with Crippen LogP contribution < -0.4 is 5.32 Å². The van der Waals surface area contributed by atoms with Crippen molar-refractivity contribution in [3.05, 3.63) is 86.5 Å². The number of imidazole rings is 1. The molecule has 0 saturated carbocycles. The highest BCUT2D eigenvalue weighted by Crippen LogP contribution is 2.23. The number of rotatable bonds is 4. The van der Waals surface area contributed by atoms with Crippen molar-refractivity contribution in [1.29, 1.82) is 0 Å². The molecule has 1 atom stereocenters. The predicted octanol–water partition coefficient (Wildman–Crippen LogP) is 4.20. The van der Waals surface area contributed by atoms with E-state index in [0.717, 1.165) is 15.0 Å². The van der Waals surface area contributed by atoms with E-state index in [9.17, 15) is 4.79 Å². The number of hydrogen-bond acceptors (Lipinski definition) is 2. The van der Waals surface area contributed by atoms with Gasteiger partial charge in [-0.15, -0.1) is 0 Å². The molecular weight excluding hydrogens is 437 g/mol. The van der Waals surface area contributed by atoms with Gasteiger partial charge < -0.3 is 9.88 Å². The third-order valence-electron chi connectivity index (χ3n) is 3.68. The summed E-state index contributed by atoms with van der Waals surface area (Å²) in [4.78, 5) is 17.1. The van der Waals surface area contributed by atoms with Crippen LogP contribution in [-0.2, 0) is 7.05 Å². The summed E-state index contributed by atoms with van der Waals surface area (Å²) < 4.78 is 2.91. The average Bonchev–Trinajstić information content (AvgIpc) is 2.99. The van der Waals surface area contributed by atoms with Gasteiger partial charge in [0.05, 0.1) is 0 Å². The van der Waals surface area contributed by atoms with Gasteiger partial charge in [0, 0.05) is 33.6 Å². The minimum absolute atomic E-state index is 0.142. The Hall–Kier alpha value is -1.86. The van der Waals surface area contributed by atoms with E-state index in [0.29, 0.717) is 10.6 Å². The molecule has 0 unspecified atom stereocenters. The number of carbonyl (C=O) groups is 1. The quantitative estimate of drug-likeness (QED) is 0.605. The summed E-state index contributed by atoms with van der Waals surface area (Å²) in [6, 6.07) is 14.5. The number of benzene rings is 2. The Morgan fingerprint density at radius 1 is 1.25 bits per heavy atom. The van der Waals surface area contributed by atoms with Gasteiger partial charge in [-0.25, -0.2) is 4.98 Å². The lowest BCUT2D eigenvalue weighted by Gasteiger charge is -2.19. The maximum atomic E-state index is 12.7. The molecule has 1 N–H and O–H groups in total. The zero-order chi connectivity index (χ0) is 17.1. The monoisotopic (exact) mass is 451 g/mol. The zero-order valence-corrected chi connectivity index (χ0v) is 15.8. The van der Waals surface area contributed by atoms with E-state index >= 15 is 0 Å². The second-order valence-corrected chi connectivity index (χ2v) is 7.05. The summed E-state index contributed by atoms with van der Waals surface area (Å²) in [6.07, 6.45) is 3.58. The van der Waals surface area contributed by atoms with Gasteiger partial charge in [0.2, 0.25) is 0 Å². The molecule has 2 aromatic carbocycles. The molecule has 1 amide bonds. The van der Waals surface area contributed by atoms with Crippen LogP contribution in [0.25, 0.3) is 0 Å². The van der Waals surface area contributed by atoms with Gasteiger partial charge in [0.1, 0.15) is 11.9 Å². The van der Waals surface area contributed by atoms with Gasteiger partial charge in [0.15, 0.2) is 0 Å². The first-order valence-electron chi connectivity index (χ1n) is 7.34. The number of aryl methyl sites for hydroxylation is 1. The first-order valence-corrected chi connectivity index (χ1v) is 8.79. The smallest absolute Gasteiger partial charge is 0.252 e. The highest BCUT2D eigenvalue weighted by atomic mass is 127. The Bertz CT molecular complexity index is 861. The summed E-state index contributed by atoms with van der Waals surface area (Å²) >= 11 is 8.17. The zero-order valence-electron chi connectivity index (χ0n) is 12.9. The second-order valence-electron chi connectivity index (χ2n) is 5.36. The van der Waals surface area contributed by atoms with Gasteiger partial charge in [-0.1, -0.05) is 29.8 Å². The number of halogens is 2. The van der Waals surface area contributed by atoms with E-state index in [1.165, 1.54) is 0 Å².